The summed E-state index contributed by atoms with van der Waals surface area (Å²) in [7, 11) is 0. The monoisotopic (exact) mass is 919 g/mol. The summed E-state index contributed by atoms with van der Waals surface area (Å²) in [5, 5.41) is 2.19. The van der Waals surface area contributed by atoms with Crippen LogP contribution in [0, 0.1) is 18.3 Å². The van der Waals surface area contributed by atoms with Gasteiger partial charge in [0, 0.05) is 49.7 Å². The molecule has 0 radical (unpaired) electrons. The fourth-order valence-electron chi connectivity index (χ4n) is 7.51. The summed E-state index contributed by atoms with van der Waals surface area (Å²) in [5.74, 6) is 2.00. The third-order valence-electron chi connectivity index (χ3n) is 10.9. The van der Waals surface area contributed by atoms with E-state index < -0.39 is 0 Å². The molecule has 0 aliphatic carbocycles. The van der Waals surface area contributed by atoms with Crippen LogP contribution < -0.4 is 4.74 Å². The van der Waals surface area contributed by atoms with Gasteiger partial charge < -0.3 is 13.9 Å². The second-order valence-electron chi connectivity index (χ2n) is 16.0. The van der Waals surface area contributed by atoms with Crippen LogP contribution in [0.5, 0.6) is 11.5 Å². The van der Waals surface area contributed by atoms with E-state index in [2.05, 4.69) is 197 Å². The predicted octanol–water partition coefficient (Wildman–Crippen LogP) is 13.1. The molecule has 0 spiro atoms. The Morgan fingerprint density at radius 1 is 0.561 bits per heavy atom. The van der Waals surface area contributed by atoms with E-state index in [0.29, 0.717) is 11.5 Å². The molecule has 0 saturated carbocycles. The van der Waals surface area contributed by atoms with Crippen molar-refractivity contribution in [1.29, 1.82) is 0 Å². The molecule has 57 heavy (non-hydrogen) atoms. The van der Waals surface area contributed by atoms with Gasteiger partial charge in [-0.2, -0.15) is 23.9 Å². The number of aromatic nitrogens is 3. The standard InChI is InChI=1S/C52H42N3O.Pt/c1-51(2,3)42-26-28-54(35-42)43-29-39(37-17-11-7-12-18-37)30-45(33-43)56-44-22-23-46-47-31-38(36-15-9-6-10-16-36)21-24-48(47)55(49(46)34-44)50-32-41(25-27-53-50)52(4,5)40-19-13-8-14-20-40;/h6-27,29-32,35H,1-5H3;/q-3;. The zero-order chi connectivity index (χ0) is 38.4. The van der Waals surface area contributed by atoms with Gasteiger partial charge in [0.1, 0.15) is 5.82 Å². The molecular weight excluding hydrogens is 878 g/mol. The zero-order valence-corrected chi connectivity index (χ0v) is 34.9. The molecule has 284 valence electrons. The van der Waals surface area contributed by atoms with Crippen molar-refractivity contribution >= 4 is 21.8 Å². The number of hydrogen-bond donors (Lipinski definition) is 0. The van der Waals surface area contributed by atoms with Crippen molar-refractivity contribution in [2.45, 2.75) is 45.4 Å². The van der Waals surface area contributed by atoms with Gasteiger partial charge in [-0.1, -0.05) is 155 Å². The summed E-state index contributed by atoms with van der Waals surface area (Å²) in [4.78, 5) is 4.98. The van der Waals surface area contributed by atoms with Crippen LogP contribution in [0.3, 0.4) is 0 Å². The van der Waals surface area contributed by atoms with Crippen LogP contribution in [0.2, 0.25) is 0 Å². The molecule has 0 N–H and O–H groups in total. The van der Waals surface area contributed by atoms with Gasteiger partial charge >= 0.3 is 0 Å². The first-order valence-corrected chi connectivity index (χ1v) is 19.1. The van der Waals surface area contributed by atoms with Crippen LogP contribution in [0.25, 0.3) is 55.6 Å². The number of pyridine rings is 1. The first kappa shape index (κ1) is 37.9. The number of fused-ring (bicyclic) bond motifs is 3. The molecule has 9 aromatic rings. The van der Waals surface area contributed by atoms with Crippen LogP contribution in [-0.2, 0) is 31.9 Å². The Balaban J connectivity index is 0.00000455. The fourth-order valence-corrected chi connectivity index (χ4v) is 7.51. The summed E-state index contributed by atoms with van der Waals surface area (Å²) in [6, 6.07) is 60.1. The third-order valence-corrected chi connectivity index (χ3v) is 10.9. The molecule has 0 aliphatic heterocycles. The van der Waals surface area contributed by atoms with Crippen LogP contribution in [0.4, 0.5) is 0 Å². The van der Waals surface area contributed by atoms with Gasteiger partial charge in [-0.25, -0.2) is 4.98 Å². The second-order valence-corrected chi connectivity index (χ2v) is 16.0. The first-order valence-electron chi connectivity index (χ1n) is 19.1. The van der Waals surface area contributed by atoms with E-state index in [4.69, 9.17) is 9.72 Å². The molecule has 3 aromatic heterocycles. The maximum atomic E-state index is 6.73. The molecule has 0 amide bonds. The third kappa shape index (κ3) is 7.39. The fraction of sp³-hybridized carbons (Fsp3) is 0.135. The Bertz CT molecular complexity index is 2830. The number of benzene rings is 6. The molecule has 0 aliphatic rings. The predicted molar refractivity (Wildman–Crippen MR) is 229 cm³/mol. The van der Waals surface area contributed by atoms with Crippen molar-refractivity contribution in [3.05, 3.63) is 199 Å². The van der Waals surface area contributed by atoms with Crippen molar-refractivity contribution in [1.82, 2.24) is 14.1 Å². The molecule has 0 saturated heterocycles. The summed E-state index contributed by atoms with van der Waals surface area (Å²) < 4.78 is 11.0. The van der Waals surface area contributed by atoms with E-state index in [1.54, 1.807) is 0 Å². The van der Waals surface area contributed by atoms with Gasteiger partial charge in [-0.3, -0.25) is 0 Å². The normalized spacial score (nSPS) is 11.8. The van der Waals surface area contributed by atoms with Gasteiger partial charge in [0.25, 0.3) is 0 Å². The Hall–Kier alpha value is -5.96. The summed E-state index contributed by atoms with van der Waals surface area (Å²) in [6.45, 7) is 11.2. The van der Waals surface area contributed by atoms with E-state index in [0.717, 1.165) is 50.0 Å². The Labute approximate surface area is 349 Å². The van der Waals surface area contributed by atoms with E-state index in [9.17, 15) is 0 Å². The van der Waals surface area contributed by atoms with Crippen LogP contribution in [0.15, 0.2) is 164 Å². The van der Waals surface area contributed by atoms with Crippen molar-refractivity contribution in [3.8, 4) is 45.3 Å². The second kappa shape index (κ2) is 15.2. The van der Waals surface area contributed by atoms with Crippen molar-refractivity contribution in [2.75, 3.05) is 0 Å². The average Bonchev–Trinajstić information content (AvgIpc) is 3.86. The maximum Gasteiger partial charge on any atom is 0.135 e. The van der Waals surface area contributed by atoms with Gasteiger partial charge in [-0.05, 0) is 51.4 Å². The summed E-state index contributed by atoms with van der Waals surface area (Å²) in [6.07, 6.45) is 7.46. The van der Waals surface area contributed by atoms with E-state index in [1.807, 2.05) is 29.0 Å². The average molecular weight is 920 g/mol. The molecular formula is C52H42N3OPt-3. The maximum absolute atomic E-state index is 6.73. The van der Waals surface area contributed by atoms with Crippen molar-refractivity contribution in [2.24, 2.45) is 0 Å². The minimum Gasteiger partial charge on any atom is -0.510 e. The number of nitrogens with zero attached hydrogens (tertiary/aromatic N) is 3. The Morgan fingerprint density at radius 2 is 1.25 bits per heavy atom. The summed E-state index contributed by atoms with van der Waals surface area (Å²) >= 11 is 0. The van der Waals surface area contributed by atoms with Gasteiger partial charge in [0.05, 0.1) is 0 Å². The first-order chi connectivity index (χ1) is 27.1. The molecule has 0 fully saturated rings. The molecule has 3 heterocycles. The molecule has 0 bridgehead atoms. The quantitative estimate of drug-likeness (QED) is 0.142. The SMILES string of the molecule is CC(C)(C)c1c[c-]n(-c2[c-]c(Oc3[c-]c4c(cc3)c3cc(-c5ccccc5)ccc3n4-c3cc(C(C)(C)c4ccccc4)ccn3)cc(-c3ccccc3)c2)c1.[Pt]. The van der Waals surface area contributed by atoms with Crippen LogP contribution in [-0.4, -0.2) is 14.1 Å². The van der Waals surface area contributed by atoms with Crippen LogP contribution >= 0.6 is 0 Å². The van der Waals surface area contributed by atoms with Crippen molar-refractivity contribution in [3.63, 3.8) is 0 Å². The van der Waals surface area contributed by atoms with Gasteiger partial charge in [0.2, 0.25) is 0 Å². The van der Waals surface area contributed by atoms with Crippen LogP contribution in [0.1, 0.15) is 51.3 Å². The molecule has 4 nitrogen and oxygen atoms in total. The van der Waals surface area contributed by atoms with E-state index in [1.165, 1.54) is 22.3 Å². The van der Waals surface area contributed by atoms with Crippen molar-refractivity contribution < 1.29 is 25.8 Å². The Kier molecular flexibility index (Phi) is 10.1. The minimum atomic E-state index is -0.238. The Morgan fingerprint density at radius 3 is 1.93 bits per heavy atom. The summed E-state index contributed by atoms with van der Waals surface area (Å²) in [5.41, 5.74) is 10.6. The minimum absolute atomic E-state index is 0. The van der Waals surface area contributed by atoms with E-state index in [-0.39, 0.29) is 31.9 Å². The molecule has 9 rings (SSSR count). The number of hydrogen-bond acceptors (Lipinski definition) is 2. The number of ether oxygens (including phenoxy) is 1. The number of rotatable bonds is 8. The topological polar surface area (TPSA) is 32.0 Å². The molecule has 0 atom stereocenters. The molecule has 5 heteroatoms. The van der Waals surface area contributed by atoms with Gasteiger partial charge in [-0.15, -0.1) is 47.0 Å². The smallest absolute Gasteiger partial charge is 0.135 e. The molecule has 0 unspecified atom stereocenters. The zero-order valence-electron chi connectivity index (χ0n) is 32.7. The molecule has 6 aromatic carbocycles. The largest absolute Gasteiger partial charge is 0.510 e. The van der Waals surface area contributed by atoms with Gasteiger partial charge in [0.15, 0.2) is 0 Å². The van der Waals surface area contributed by atoms with E-state index >= 15 is 0 Å².